The van der Waals surface area contributed by atoms with E-state index in [1.807, 2.05) is 0 Å². The van der Waals surface area contributed by atoms with E-state index in [0.29, 0.717) is 0 Å². The highest BCUT2D eigenvalue weighted by Crippen LogP contribution is 2.44. The summed E-state index contributed by atoms with van der Waals surface area (Å²) in [6.07, 6.45) is 1.42. The molecule has 1 fully saturated rings. The summed E-state index contributed by atoms with van der Waals surface area (Å²) < 4.78 is 0. The third-order valence-corrected chi connectivity index (χ3v) is 7.01. The van der Waals surface area contributed by atoms with Crippen LogP contribution in [0.5, 0.6) is 0 Å². The molecule has 1 aromatic carbocycles. The van der Waals surface area contributed by atoms with Gasteiger partial charge >= 0.3 is 0 Å². The van der Waals surface area contributed by atoms with Crippen molar-refractivity contribution in [2.24, 2.45) is 0 Å². The average molecular weight is 212 g/mol. The van der Waals surface area contributed by atoms with Crippen LogP contribution in [0.2, 0.25) is 0 Å². The van der Waals surface area contributed by atoms with Crippen LogP contribution in [-0.4, -0.2) is 16.6 Å². The van der Waals surface area contributed by atoms with Gasteiger partial charge in [0.25, 0.3) is 0 Å². The van der Waals surface area contributed by atoms with Gasteiger partial charge in [0, 0.05) is 5.08 Å². The van der Waals surface area contributed by atoms with Crippen LogP contribution in [0.15, 0.2) is 29.2 Å². The number of thioether (sulfide) groups is 1. The van der Waals surface area contributed by atoms with Gasteiger partial charge in [-0.2, -0.15) is 11.8 Å². The molecule has 1 atom stereocenters. The van der Waals surface area contributed by atoms with Crippen molar-refractivity contribution in [1.82, 2.24) is 0 Å². The molecule has 13 heavy (non-hydrogen) atoms. The Morgan fingerprint density at radius 2 is 2.15 bits per heavy atom. The molecule has 0 aromatic heterocycles. The van der Waals surface area contributed by atoms with Crippen LogP contribution in [0.3, 0.4) is 0 Å². The second-order valence-corrected chi connectivity index (χ2v) is 7.30. The van der Waals surface area contributed by atoms with Crippen molar-refractivity contribution in [2.45, 2.75) is 18.2 Å². The van der Waals surface area contributed by atoms with Gasteiger partial charge in [-0.25, -0.2) is 10.9 Å². The van der Waals surface area contributed by atoms with Crippen molar-refractivity contribution in [3.05, 3.63) is 29.8 Å². The van der Waals surface area contributed by atoms with Crippen LogP contribution in [0, 0.1) is 6.92 Å². The molecule has 1 aliphatic heterocycles. The fourth-order valence-electron chi connectivity index (χ4n) is 1.70. The Morgan fingerprint density at radius 1 is 1.31 bits per heavy atom. The van der Waals surface area contributed by atoms with Crippen molar-refractivity contribution in [3.8, 4) is 0 Å². The Balaban J connectivity index is 2.18. The van der Waals surface area contributed by atoms with E-state index in [1.165, 1.54) is 28.6 Å². The average Bonchev–Trinajstić information content (AvgIpc) is 2.20. The van der Waals surface area contributed by atoms with E-state index in [2.05, 4.69) is 43.0 Å². The second kappa shape index (κ2) is 4.43. The minimum Gasteiger partial charge on any atom is -0.217 e. The van der Waals surface area contributed by atoms with Crippen LogP contribution in [0.1, 0.15) is 12.0 Å². The van der Waals surface area contributed by atoms with Crippen LogP contribution in [0.4, 0.5) is 0 Å². The maximum absolute atomic E-state index is 2.33. The van der Waals surface area contributed by atoms with Gasteiger partial charge in [-0.05, 0) is 35.3 Å². The number of thiol groups is 1. The van der Waals surface area contributed by atoms with Crippen LogP contribution >= 0.6 is 22.7 Å². The molecule has 2 heteroatoms. The van der Waals surface area contributed by atoms with Gasteiger partial charge in [0.1, 0.15) is 0 Å². The highest BCUT2D eigenvalue weighted by molar-refractivity contribution is 8.27. The first kappa shape index (κ1) is 9.47. The number of benzene rings is 1. The van der Waals surface area contributed by atoms with E-state index in [4.69, 9.17) is 0 Å². The molecule has 0 spiro atoms. The summed E-state index contributed by atoms with van der Waals surface area (Å²) in [4.78, 5) is 1.64. The molecule has 1 heterocycles. The molecule has 1 saturated heterocycles. The van der Waals surface area contributed by atoms with Crippen molar-refractivity contribution in [2.75, 3.05) is 16.6 Å². The van der Waals surface area contributed by atoms with Crippen molar-refractivity contribution in [1.29, 1.82) is 0 Å². The summed E-state index contributed by atoms with van der Waals surface area (Å²) in [5.74, 6) is 2.83. The molecule has 0 amide bonds. The molecule has 0 N–H and O–H groups in total. The monoisotopic (exact) mass is 212 g/mol. The first-order valence-corrected chi connectivity index (χ1v) is 7.63. The van der Waals surface area contributed by atoms with Crippen LogP contribution in [0.25, 0.3) is 0 Å². The van der Waals surface area contributed by atoms with Crippen LogP contribution in [-0.2, 0) is 0 Å². The largest absolute Gasteiger partial charge is 0.217 e. The Kier molecular flexibility index (Phi) is 3.23. The summed E-state index contributed by atoms with van der Waals surface area (Å²) in [6.45, 7) is 2.25. The predicted molar refractivity (Wildman–Crippen MR) is 65.2 cm³/mol. The molecule has 0 radical (unpaired) electrons. The van der Waals surface area contributed by atoms with Gasteiger partial charge in [0.2, 0.25) is 0 Å². The van der Waals surface area contributed by atoms with Gasteiger partial charge < -0.3 is 0 Å². The molecule has 0 nitrogen and oxygen atoms in total. The summed E-state index contributed by atoms with van der Waals surface area (Å²) in [7, 11) is 0.175. The van der Waals surface area contributed by atoms with E-state index in [0.717, 1.165) is 0 Å². The summed E-state index contributed by atoms with van der Waals surface area (Å²) >= 11 is 2.14. The molecule has 0 saturated carbocycles. The lowest BCUT2D eigenvalue weighted by atomic mass is 10.2. The molecule has 1 unspecified atom stereocenters. The highest BCUT2D eigenvalue weighted by Gasteiger charge is 2.12. The molecule has 0 bridgehead atoms. The second-order valence-electron chi connectivity index (χ2n) is 3.44. The molecule has 72 valence electrons. The maximum atomic E-state index is 2.33. The molecule has 2 rings (SSSR count). The predicted octanol–water partition coefficient (Wildman–Crippen LogP) is 3.45. The Bertz CT molecular complexity index is 277. The Labute approximate surface area is 87.5 Å². The van der Waals surface area contributed by atoms with Crippen molar-refractivity contribution < 1.29 is 0 Å². The molecule has 1 aromatic rings. The zero-order valence-corrected chi connectivity index (χ0v) is 9.70. The Hall–Kier alpha value is -0.0800. The van der Waals surface area contributed by atoms with E-state index in [9.17, 15) is 0 Å². The molecular weight excluding hydrogens is 196 g/mol. The van der Waals surface area contributed by atoms with Gasteiger partial charge in [-0.3, -0.25) is 0 Å². The first-order chi connectivity index (χ1) is 6.38. The molecule has 1 aliphatic rings. The number of rotatable bonds is 1. The first-order valence-electron chi connectivity index (χ1n) is 4.76. The SMILES string of the molecule is Cc1ccccc1[SH]1CCCSC1. The van der Waals surface area contributed by atoms with Gasteiger partial charge in [-0.1, -0.05) is 24.3 Å². The number of hydrogen-bond donors (Lipinski definition) is 1. The Morgan fingerprint density at radius 3 is 2.85 bits per heavy atom. The lowest BCUT2D eigenvalue weighted by molar-refractivity contribution is 1.10. The van der Waals surface area contributed by atoms with Crippen molar-refractivity contribution in [3.63, 3.8) is 0 Å². The normalized spacial score (nSPS) is 25.8. The third kappa shape index (κ3) is 2.23. The minimum atomic E-state index is 0.175. The number of aryl methyl sites for hydroxylation is 1. The lowest BCUT2D eigenvalue weighted by Gasteiger charge is -2.27. The quantitative estimate of drug-likeness (QED) is 0.696. The fraction of sp³-hybridized carbons (Fsp3) is 0.455. The topological polar surface area (TPSA) is 0 Å². The maximum Gasteiger partial charge on any atom is 0.0248 e. The standard InChI is InChI=1S/C11H16S2/c1-10-5-2-3-6-11(10)13-8-4-7-12-9-13/h2-3,5-6,13H,4,7-9H2,1H3. The lowest BCUT2D eigenvalue weighted by Crippen LogP contribution is -2.02. The fourth-order valence-corrected chi connectivity index (χ4v) is 6.39. The van der Waals surface area contributed by atoms with E-state index >= 15 is 0 Å². The highest BCUT2D eigenvalue weighted by atomic mass is 32.2. The summed E-state index contributed by atoms with van der Waals surface area (Å²) in [6, 6.07) is 8.90. The van der Waals surface area contributed by atoms with E-state index in [-0.39, 0.29) is 10.9 Å². The van der Waals surface area contributed by atoms with E-state index in [1.54, 1.807) is 4.90 Å². The smallest absolute Gasteiger partial charge is 0.0248 e. The zero-order valence-electron chi connectivity index (χ0n) is 7.99. The van der Waals surface area contributed by atoms with Gasteiger partial charge in [-0.15, -0.1) is 0 Å². The zero-order chi connectivity index (χ0) is 9.10. The number of hydrogen-bond acceptors (Lipinski definition) is 1. The third-order valence-electron chi connectivity index (χ3n) is 2.42. The van der Waals surface area contributed by atoms with Gasteiger partial charge in [0.05, 0.1) is 0 Å². The summed E-state index contributed by atoms with van der Waals surface area (Å²) in [5.41, 5.74) is 1.50. The minimum absolute atomic E-state index is 0.175. The van der Waals surface area contributed by atoms with Crippen LogP contribution < -0.4 is 0 Å². The molecule has 0 aliphatic carbocycles. The van der Waals surface area contributed by atoms with Gasteiger partial charge in [0.15, 0.2) is 0 Å². The van der Waals surface area contributed by atoms with E-state index < -0.39 is 0 Å². The molecular formula is C11H16S2. The summed E-state index contributed by atoms with van der Waals surface area (Å²) in [5, 5.41) is 1.39. The van der Waals surface area contributed by atoms with Crippen molar-refractivity contribution >= 4 is 22.7 Å².